The lowest BCUT2D eigenvalue weighted by Gasteiger charge is -2.06. The van der Waals surface area contributed by atoms with E-state index >= 15 is 0 Å². The van der Waals surface area contributed by atoms with Crippen molar-refractivity contribution in [3.8, 4) is 5.75 Å². The first kappa shape index (κ1) is 19.8. The van der Waals surface area contributed by atoms with Crippen molar-refractivity contribution < 1.29 is 19.7 Å². The summed E-state index contributed by atoms with van der Waals surface area (Å²) in [5, 5.41) is 21.1. The highest BCUT2D eigenvalue weighted by Gasteiger charge is 2.33. The van der Waals surface area contributed by atoms with Crippen LogP contribution in [0.2, 0.25) is 0 Å². The summed E-state index contributed by atoms with van der Waals surface area (Å²) in [7, 11) is 0. The number of carbonyl (C=O) groups excluding carboxylic acids is 1. The summed E-state index contributed by atoms with van der Waals surface area (Å²) in [6.07, 6.45) is 2.42. The van der Waals surface area contributed by atoms with Gasteiger partial charge in [-0.25, -0.2) is 9.79 Å². The molecule has 2 aromatic rings. The van der Waals surface area contributed by atoms with E-state index < -0.39 is 5.97 Å². The predicted octanol–water partition coefficient (Wildman–Crippen LogP) is 5.15. The number of esters is 1. The lowest BCUT2D eigenvalue weighted by Crippen LogP contribution is -2.13. The van der Waals surface area contributed by atoms with E-state index in [1.807, 2.05) is 31.2 Å². The van der Waals surface area contributed by atoms with Crippen LogP contribution in [0.5, 0.6) is 5.75 Å². The van der Waals surface area contributed by atoms with Gasteiger partial charge in [0.15, 0.2) is 0 Å². The Kier molecular flexibility index (Phi) is 6.21. The van der Waals surface area contributed by atoms with Gasteiger partial charge in [0.2, 0.25) is 0 Å². The van der Waals surface area contributed by atoms with Crippen LogP contribution in [0.3, 0.4) is 0 Å². The van der Waals surface area contributed by atoms with Gasteiger partial charge in [-0.2, -0.15) is 0 Å². The maximum atomic E-state index is 12.5. The quantitative estimate of drug-likeness (QED) is 0.685. The van der Waals surface area contributed by atoms with Gasteiger partial charge in [0.1, 0.15) is 22.1 Å². The number of aromatic hydroxyl groups is 1. The van der Waals surface area contributed by atoms with Crippen LogP contribution in [-0.4, -0.2) is 27.8 Å². The minimum atomic E-state index is -0.624. The van der Waals surface area contributed by atoms with Gasteiger partial charge in [-0.1, -0.05) is 55.1 Å². The summed E-state index contributed by atoms with van der Waals surface area (Å²) in [6.45, 7) is 3.93. The Bertz CT molecular complexity index is 992. The van der Waals surface area contributed by atoms with Gasteiger partial charge in [-0.05, 0) is 37.1 Å². The molecule has 2 N–H and O–H groups in total. The largest absolute Gasteiger partial charge is 0.507 e. The summed E-state index contributed by atoms with van der Waals surface area (Å²) in [4.78, 5) is 17.5. The van der Waals surface area contributed by atoms with E-state index in [0.717, 1.165) is 17.7 Å². The van der Waals surface area contributed by atoms with Gasteiger partial charge in [-0.15, -0.1) is 0 Å². The number of phenolic OH excluding ortho intramolecular Hbond substituents is 1. The molecule has 0 aliphatic carbocycles. The molecule has 0 radical (unpaired) electrons. The van der Waals surface area contributed by atoms with Crippen LogP contribution in [0.4, 0.5) is 5.69 Å². The number of hydrogen-bond acceptors (Lipinski definition) is 6. The number of thioether (sulfide) groups is 1. The van der Waals surface area contributed by atoms with Crippen molar-refractivity contribution >= 4 is 34.5 Å². The third-order valence-corrected chi connectivity index (χ3v) is 5.21. The van der Waals surface area contributed by atoms with Crippen molar-refractivity contribution in [2.24, 2.45) is 4.99 Å². The summed E-state index contributed by atoms with van der Waals surface area (Å²) in [6, 6.07) is 14.5. The monoisotopic (exact) mass is 395 g/mol. The van der Waals surface area contributed by atoms with E-state index in [4.69, 9.17) is 4.74 Å². The van der Waals surface area contributed by atoms with E-state index in [9.17, 15) is 15.0 Å². The second-order valence-corrected chi connectivity index (χ2v) is 7.04. The van der Waals surface area contributed by atoms with Crippen LogP contribution in [0.1, 0.15) is 25.0 Å². The molecule has 1 aliphatic rings. The zero-order valence-corrected chi connectivity index (χ0v) is 16.5. The molecule has 1 aliphatic heterocycles. The number of ether oxygens (including phenoxy) is 1. The zero-order chi connectivity index (χ0) is 20.1. The fraction of sp³-hybridized carbons (Fsp3) is 0.182. The Labute approximate surface area is 168 Å². The average Bonchev–Trinajstić information content (AvgIpc) is 2.99. The number of rotatable bonds is 5. The van der Waals surface area contributed by atoms with Crippen LogP contribution in [0.25, 0.3) is 6.08 Å². The normalized spacial score (nSPS) is 16.8. The molecule has 28 heavy (non-hydrogen) atoms. The molecule has 3 rings (SSSR count). The minimum Gasteiger partial charge on any atom is -0.507 e. The lowest BCUT2D eigenvalue weighted by molar-refractivity contribution is -0.138. The van der Waals surface area contributed by atoms with Gasteiger partial charge in [0.05, 0.1) is 17.2 Å². The van der Waals surface area contributed by atoms with Gasteiger partial charge in [-0.3, -0.25) is 0 Å². The smallest absolute Gasteiger partial charge is 0.344 e. The SMILES string of the molecule is CCOC(=O)C1=C(O)C(=Cc2ccccc2O)SC1=Nc1ccccc1CC. The number of carbonyl (C=O) groups is 1. The molecule has 0 amide bonds. The molecular formula is C22H21NO4S. The van der Waals surface area contributed by atoms with E-state index in [1.165, 1.54) is 11.8 Å². The van der Waals surface area contributed by atoms with Gasteiger partial charge in [0, 0.05) is 5.56 Å². The van der Waals surface area contributed by atoms with Crippen molar-refractivity contribution in [2.45, 2.75) is 20.3 Å². The molecule has 0 aromatic heterocycles. The number of aryl methyl sites for hydroxylation is 1. The standard InChI is InChI=1S/C22H21NO4S/c1-3-14-9-5-7-11-16(14)23-21-19(22(26)27-4-2)20(25)18(28-21)13-15-10-6-8-12-17(15)24/h5-13,24-25H,3-4H2,1-2H3. The Morgan fingerprint density at radius 2 is 1.82 bits per heavy atom. The molecule has 0 atom stereocenters. The molecule has 5 nitrogen and oxygen atoms in total. The van der Waals surface area contributed by atoms with Gasteiger partial charge >= 0.3 is 5.97 Å². The predicted molar refractivity (Wildman–Crippen MR) is 113 cm³/mol. The molecule has 0 unspecified atom stereocenters. The summed E-state index contributed by atoms with van der Waals surface area (Å²) < 4.78 is 5.12. The second-order valence-electron chi connectivity index (χ2n) is 6.01. The van der Waals surface area contributed by atoms with Gasteiger partial charge in [0.25, 0.3) is 0 Å². The molecule has 0 fully saturated rings. The molecule has 6 heteroatoms. The Balaban J connectivity index is 2.09. The first-order valence-corrected chi connectivity index (χ1v) is 9.82. The maximum Gasteiger partial charge on any atom is 0.344 e. The number of aliphatic imine (C=N–C) groups is 1. The molecular weight excluding hydrogens is 374 g/mol. The number of aliphatic hydroxyl groups is 1. The van der Waals surface area contributed by atoms with E-state index in [1.54, 1.807) is 37.3 Å². The first-order chi connectivity index (χ1) is 13.5. The molecule has 1 heterocycles. The Morgan fingerprint density at radius 1 is 1.11 bits per heavy atom. The summed E-state index contributed by atoms with van der Waals surface area (Å²) >= 11 is 1.17. The third kappa shape index (κ3) is 4.12. The highest BCUT2D eigenvalue weighted by molar-refractivity contribution is 8.18. The molecule has 0 bridgehead atoms. The van der Waals surface area contributed by atoms with E-state index in [2.05, 4.69) is 4.99 Å². The van der Waals surface area contributed by atoms with Crippen LogP contribution in [-0.2, 0) is 16.0 Å². The van der Waals surface area contributed by atoms with Crippen molar-refractivity contribution in [3.63, 3.8) is 0 Å². The van der Waals surface area contributed by atoms with Gasteiger partial charge < -0.3 is 14.9 Å². The Morgan fingerprint density at radius 3 is 2.54 bits per heavy atom. The number of aliphatic hydroxyl groups excluding tert-OH is 1. The average molecular weight is 395 g/mol. The zero-order valence-electron chi connectivity index (χ0n) is 15.7. The highest BCUT2D eigenvalue weighted by Crippen LogP contribution is 2.41. The molecule has 0 saturated heterocycles. The number of hydrogen-bond donors (Lipinski definition) is 2. The van der Waals surface area contributed by atoms with Crippen molar-refractivity contribution in [1.82, 2.24) is 0 Å². The number of benzene rings is 2. The molecule has 0 saturated carbocycles. The van der Waals surface area contributed by atoms with Crippen molar-refractivity contribution in [1.29, 1.82) is 0 Å². The van der Waals surface area contributed by atoms with Crippen LogP contribution in [0.15, 0.2) is 69.8 Å². The van der Waals surface area contributed by atoms with Crippen LogP contribution in [0, 0.1) is 0 Å². The van der Waals surface area contributed by atoms with Crippen molar-refractivity contribution in [3.05, 3.63) is 75.9 Å². The number of phenols is 1. The lowest BCUT2D eigenvalue weighted by atomic mass is 10.1. The second kappa shape index (κ2) is 8.80. The third-order valence-electron chi connectivity index (χ3n) is 4.19. The van der Waals surface area contributed by atoms with E-state index in [0.29, 0.717) is 15.5 Å². The highest BCUT2D eigenvalue weighted by atomic mass is 32.2. The summed E-state index contributed by atoms with van der Waals surface area (Å²) in [5.41, 5.74) is 2.36. The number of nitrogens with zero attached hydrogens (tertiary/aromatic N) is 1. The topological polar surface area (TPSA) is 79.1 Å². The number of para-hydroxylation sites is 2. The fourth-order valence-corrected chi connectivity index (χ4v) is 3.79. The van der Waals surface area contributed by atoms with Crippen LogP contribution >= 0.6 is 11.8 Å². The fourth-order valence-electron chi connectivity index (χ4n) is 2.77. The van der Waals surface area contributed by atoms with E-state index in [-0.39, 0.29) is 23.7 Å². The van der Waals surface area contributed by atoms with Crippen molar-refractivity contribution in [2.75, 3.05) is 6.61 Å². The minimum absolute atomic E-state index is 0.0411. The molecule has 144 valence electrons. The Hall–Kier alpha value is -2.99. The maximum absolute atomic E-state index is 12.5. The molecule has 0 spiro atoms. The first-order valence-electron chi connectivity index (χ1n) is 9.00. The van der Waals surface area contributed by atoms with Crippen LogP contribution < -0.4 is 0 Å². The molecule has 2 aromatic carbocycles. The summed E-state index contributed by atoms with van der Waals surface area (Å²) in [5.74, 6) is -0.733.